The second-order valence-electron chi connectivity index (χ2n) is 11.0. The van der Waals surface area contributed by atoms with Gasteiger partial charge in [-0.1, -0.05) is 5.21 Å². The Bertz CT molecular complexity index is 1730. The molecule has 0 unspecified atom stereocenters. The SMILES string of the molecule is CC1=CC(C)=N/C1=C(/CCCCc1cn(CCCCCNC(=O)n2cc(F)c(=O)[nH]c2=O)nn1)c1c(C)cc(C)n1B(F)F. The molecule has 0 fully saturated rings. The lowest BCUT2D eigenvalue weighted by Crippen LogP contribution is -2.40. The van der Waals surface area contributed by atoms with E-state index in [0.29, 0.717) is 48.0 Å². The normalized spacial score (nSPS) is 14.1. The number of aromatic nitrogens is 6. The number of carbonyl (C=O) groups is 1. The van der Waals surface area contributed by atoms with Crippen LogP contribution in [0, 0.1) is 19.7 Å². The van der Waals surface area contributed by atoms with Crippen LogP contribution >= 0.6 is 0 Å². The van der Waals surface area contributed by atoms with E-state index >= 15 is 0 Å². The van der Waals surface area contributed by atoms with E-state index in [4.69, 9.17) is 0 Å². The number of aromatic amines is 1. The molecular weight excluding hydrogens is 576 g/mol. The molecule has 234 valence electrons. The molecule has 0 spiro atoms. The zero-order valence-electron chi connectivity index (χ0n) is 25.3. The Morgan fingerprint density at radius 1 is 1.05 bits per heavy atom. The summed E-state index contributed by atoms with van der Waals surface area (Å²) in [6, 6.07) is 0.973. The summed E-state index contributed by atoms with van der Waals surface area (Å²) in [4.78, 5) is 41.2. The Kier molecular flexibility index (Phi) is 10.6. The molecular formula is C29H36BF3N8O3. The van der Waals surface area contributed by atoms with Crippen molar-refractivity contribution in [2.24, 2.45) is 4.99 Å². The first-order valence-electron chi connectivity index (χ1n) is 14.6. The van der Waals surface area contributed by atoms with E-state index in [-0.39, 0.29) is 6.54 Å². The third-order valence-corrected chi connectivity index (χ3v) is 7.43. The number of unbranched alkanes of at least 4 members (excludes halogenated alkanes) is 3. The van der Waals surface area contributed by atoms with Gasteiger partial charge < -0.3 is 9.79 Å². The topological polar surface area (TPSA) is 132 Å². The fourth-order valence-corrected chi connectivity index (χ4v) is 5.41. The number of aryl methyl sites for hydroxylation is 4. The number of aliphatic imine (C=N–C) groups is 1. The first kappa shape index (κ1) is 32.5. The first-order chi connectivity index (χ1) is 21.0. The van der Waals surface area contributed by atoms with E-state index in [0.717, 1.165) is 64.0 Å². The number of hydrogen-bond acceptors (Lipinski definition) is 6. The monoisotopic (exact) mass is 612 g/mol. The zero-order chi connectivity index (χ0) is 32.0. The third-order valence-electron chi connectivity index (χ3n) is 7.43. The molecule has 1 amide bonds. The predicted octanol–water partition coefficient (Wildman–Crippen LogP) is 4.43. The van der Waals surface area contributed by atoms with Gasteiger partial charge in [-0.05, 0) is 95.9 Å². The van der Waals surface area contributed by atoms with Gasteiger partial charge in [0, 0.05) is 42.0 Å². The summed E-state index contributed by atoms with van der Waals surface area (Å²) in [5, 5.41) is 11.0. The van der Waals surface area contributed by atoms with Crippen molar-refractivity contribution in [3.05, 3.63) is 85.1 Å². The minimum absolute atomic E-state index is 0.272. The summed E-state index contributed by atoms with van der Waals surface area (Å²) in [5.41, 5.74) is 3.97. The number of halogens is 3. The molecule has 11 nitrogen and oxygen atoms in total. The van der Waals surface area contributed by atoms with Gasteiger partial charge in [0.2, 0.25) is 5.82 Å². The average molecular weight is 612 g/mol. The number of amides is 1. The molecule has 3 aromatic heterocycles. The van der Waals surface area contributed by atoms with Crippen molar-refractivity contribution in [2.75, 3.05) is 6.54 Å². The second-order valence-corrected chi connectivity index (χ2v) is 11.0. The van der Waals surface area contributed by atoms with Crippen LogP contribution < -0.4 is 16.6 Å². The van der Waals surface area contributed by atoms with Gasteiger partial charge in [0.1, 0.15) is 0 Å². The maximum atomic E-state index is 14.0. The maximum Gasteiger partial charge on any atom is 0.677 e. The zero-order valence-corrected chi connectivity index (χ0v) is 25.3. The van der Waals surface area contributed by atoms with Gasteiger partial charge in [-0.15, -0.1) is 5.10 Å². The van der Waals surface area contributed by atoms with Crippen molar-refractivity contribution in [3.63, 3.8) is 0 Å². The smallest absolute Gasteiger partial charge is 0.337 e. The Labute approximate surface area is 252 Å². The lowest BCUT2D eigenvalue weighted by Gasteiger charge is -2.16. The molecule has 4 heterocycles. The highest BCUT2D eigenvalue weighted by Crippen LogP contribution is 2.35. The molecule has 44 heavy (non-hydrogen) atoms. The Morgan fingerprint density at radius 2 is 1.82 bits per heavy atom. The number of hydrogen-bond donors (Lipinski definition) is 2. The lowest BCUT2D eigenvalue weighted by atomic mass is 9.96. The van der Waals surface area contributed by atoms with E-state index in [1.165, 1.54) is 0 Å². The molecule has 15 heteroatoms. The highest BCUT2D eigenvalue weighted by Gasteiger charge is 2.28. The van der Waals surface area contributed by atoms with Crippen molar-refractivity contribution < 1.29 is 17.8 Å². The number of nitrogens with one attached hydrogen (secondary N) is 2. The molecule has 0 atom stereocenters. The van der Waals surface area contributed by atoms with Crippen molar-refractivity contribution in [1.82, 2.24) is 34.3 Å². The first-order valence-corrected chi connectivity index (χ1v) is 14.6. The standard InChI is InChI=1S/C29H36BF3N8O3/c1-18-14-20(3)35-25(18)23(26-19(2)15-21(4)41(26)30(32)33)11-7-6-10-22-16-39(38-37-22)13-9-5-8-12-34-28(43)40-17-24(31)27(42)36-29(40)44/h14-17H,5-13H2,1-4H3,(H,34,43)(H,36,42,44)/b25-23-. The molecule has 2 N–H and O–H groups in total. The Hall–Kier alpha value is -4.43. The van der Waals surface area contributed by atoms with Crippen LogP contribution in [0.4, 0.5) is 17.8 Å². The van der Waals surface area contributed by atoms with Crippen LogP contribution in [0.3, 0.4) is 0 Å². The summed E-state index contributed by atoms with van der Waals surface area (Å²) in [6.07, 6.45) is 9.46. The fourth-order valence-electron chi connectivity index (χ4n) is 5.41. The summed E-state index contributed by atoms with van der Waals surface area (Å²) in [7, 11) is -2.64. The average Bonchev–Trinajstić information content (AvgIpc) is 3.64. The lowest BCUT2D eigenvalue weighted by molar-refractivity contribution is 0.240. The van der Waals surface area contributed by atoms with Crippen LogP contribution in [-0.2, 0) is 13.0 Å². The molecule has 1 aliphatic heterocycles. The summed E-state index contributed by atoms with van der Waals surface area (Å²) in [5.74, 6) is -1.22. The minimum Gasteiger partial charge on any atom is -0.337 e. The summed E-state index contributed by atoms with van der Waals surface area (Å²) < 4.78 is 44.8. The summed E-state index contributed by atoms with van der Waals surface area (Å²) >= 11 is 0. The van der Waals surface area contributed by atoms with Gasteiger partial charge in [-0.25, -0.2) is 14.2 Å². The number of H-pyrrole nitrogens is 1. The van der Waals surface area contributed by atoms with Crippen LogP contribution in [0.2, 0.25) is 0 Å². The molecule has 0 bridgehead atoms. The van der Waals surface area contributed by atoms with Crippen LogP contribution in [0.1, 0.15) is 75.0 Å². The summed E-state index contributed by atoms with van der Waals surface area (Å²) in [6.45, 7) is 8.33. The quantitative estimate of drug-likeness (QED) is 0.218. The number of nitrogens with zero attached hydrogens (tertiary/aromatic N) is 6. The maximum absolute atomic E-state index is 14.0. The molecule has 4 rings (SSSR count). The molecule has 1 aliphatic rings. The van der Waals surface area contributed by atoms with E-state index in [2.05, 4.69) is 20.6 Å². The van der Waals surface area contributed by atoms with Gasteiger partial charge in [0.05, 0.1) is 17.6 Å². The molecule has 0 saturated heterocycles. The van der Waals surface area contributed by atoms with Crippen LogP contribution in [0.5, 0.6) is 0 Å². The largest absolute Gasteiger partial charge is 0.677 e. The molecule has 0 aliphatic carbocycles. The molecule has 3 aromatic rings. The second kappa shape index (κ2) is 14.4. The van der Waals surface area contributed by atoms with Gasteiger partial charge >= 0.3 is 19.1 Å². The number of carbonyl (C=O) groups excluding carboxylic acids is 1. The van der Waals surface area contributed by atoms with E-state index in [1.54, 1.807) is 22.7 Å². The van der Waals surface area contributed by atoms with Crippen molar-refractivity contribution in [1.29, 1.82) is 0 Å². The van der Waals surface area contributed by atoms with Gasteiger partial charge in [0.25, 0.3) is 5.56 Å². The predicted molar refractivity (Wildman–Crippen MR) is 163 cm³/mol. The van der Waals surface area contributed by atoms with Crippen LogP contribution in [-0.4, -0.2) is 54.7 Å². The van der Waals surface area contributed by atoms with Crippen molar-refractivity contribution >= 4 is 24.7 Å². The van der Waals surface area contributed by atoms with Crippen molar-refractivity contribution in [3.8, 4) is 0 Å². The van der Waals surface area contributed by atoms with Gasteiger partial charge in [-0.2, -0.15) is 4.39 Å². The van der Waals surface area contributed by atoms with Crippen LogP contribution in [0.15, 0.2) is 50.4 Å². The Morgan fingerprint density at radius 3 is 2.52 bits per heavy atom. The highest BCUT2D eigenvalue weighted by molar-refractivity contribution is 6.41. The van der Waals surface area contributed by atoms with E-state index in [1.807, 2.05) is 33.0 Å². The van der Waals surface area contributed by atoms with E-state index < -0.39 is 30.5 Å². The third kappa shape index (κ3) is 7.74. The highest BCUT2D eigenvalue weighted by atomic mass is 19.2. The Balaban J connectivity index is 1.24. The van der Waals surface area contributed by atoms with Crippen molar-refractivity contribution in [2.45, 2.75) is 79.2 Å². The van der Waals surface area contributed by atoms with E-state index in [9.17, 15) is 27.4 Å². The number of rotatable bonds is 13. The minimum atomic E-state index is -2.64. The van der Waals surface area contributed by atoms with Gasteiger partial charge in [0.15, 0.2) is 0 Å². The molecule has 0 aromatic carbocycles. The van der Waals surface area contributed by atoms with Gasteiger partial charge in [-0.3, -0.25) is 28.1 Å². The molecule has 0 radical (unpaired) electrons. The number of allylic oxidation sites excluding steroid dienone is 3. The van der Waals surface area contributed by atoms with Crippen LogP contribution in [0.25, 0.3) is 5.57 Å². The molecule has 0 saturated carbocycles. The fraction of sp³-hybridized carbons (Fsp3) is 0.448.